The van der Waals surface area contributed by atoms with Crippen molar-refractivity contribution in [2.75, 3.05) is 6.54 Å². The van der Waals surface area contributed by atoms with Gasteiger partial charge in [0.15, 0.2) is 0 Å². The Kier molecular flexibility index (Phi) is 4.19. The average Bonchev–Trinajstić information content (AvgIpc) is 2.83. The molecule has 0 bridgehead atoms. The second kappa shape index (κ2) is 5.92. The van der Waals surface area contributed by atoms with E-state index in [1.807, 2.05) is 0 Å². The van der Waals surface area contributed by atoms with Crippen molar-refractivity contribution in [1.29, 1.82) is 0 Å². The number of nitrogens with zero attached hydrogens (tertiary/aromatic N) is 1. The number of halogens is 2. The Labute approximate surface area is 130 Å². The van der Waals surface area contributed by atoms with E-state index >= 15 is 0 Å². The molecule has 0 spiro atoms. The summed E-state index contributed by atoms with van der Waals surface area (Å²) >= 11 is 5.17. The lowest BCUT2D eigenvalue weighted by molar-refractivity contribution is 0.465. The van der Waals surface area contributed by atoms with Gasteiger partial charge in [0.05, 0.1) is 11.7 Å². The molecule has 1 aliphatic rings. The molecule has 2 aromatic rings. The van der Waals surface area contributed by atoms with Crippen LogP contribution in [0, 0.1) is 5.82 Å². The quantitative estimate of drug-likeness (QED) is 0.863. The van der Waals surface area contributed by atoms with E-state index < -0.39 is 0 Å². The first-order chi connectivity index (χ1) is 9.69. The second-order valence-corrected chi connectivity index (χ2v) is 6.89. The van der Waals surface area contributed by atoms with Crippen LogP contribution in [0.5, 0.6) is 0 Å². The molecule has 0 saturated carbocycles. The van der Waals surface area contributed by atoms with Crippen molar-refractivity contribution < 1.29 is 4.39 Å². The van der Waals surface area contributed by atoms with Gasteiger partial charge in [0.2, 0.25) is 0 Å². The lowest BCUT2D eigenvalue weighted by Gasteiger charge is -2.21. The van der Waals surface area contributed by atoms with Crippen LogP contribution in [0.2, 0.25) is 0 Å². The van der Waals surface area contributed by atoms with E-state index in [0.29, 0.717) is 6.04 Å². The van der Waals surface area contributed by atoms with Crippen LogP contribution in [0.3, 0.4) is 0 Å². The van der Waals surface area contributed by atoms with E-state index in [-0.39, 0.29) is 5.82 Å². The maximum atomic E-state index is 13.2. The number of benzene rings is 1. The van der Waals surface area contributed by atoms with Crippen LogP contribution in [0.25, 0.3) is 10.6 Å². The van der Waals surface area contributed by atoms with E-state index in [4.69, 9.17) is 4.98 Å². The third kappa shape index (κ3) is 2.67. The van der Waals surface area contributed by atoms with E-state index in [9.17, 15) is 4.39 Å². The summed E-state index contributed by atoms with van der Waals surface area (Å²) in [6.45, 7) is 3.08. The van der Waals surface area contributed by atoms with Crippen LogP contribution in [-0.2, 0) is 6.42 Å². The van der Waals surface area contributed by atoms with Gasteiger partial charge in [-0.15, -0.1) is 11.3 Å². The third-order valence-corrected chi connectivity index (χ3v) is 5.39. The predicted octanol–water partition coefficient (Wildman–Crippen LogP) is 4.70. The number of aromatic nitrogens is 1. The van der Waals surface area contributed by atoms with Crippen LogP contribution < -0.4 is 5.32 Å². The Bertz CT molecular complexity index is 626. The maximum Gasteiger partial charge on any atom is 0.125 e. The maximum absolute atomic E-state index is 13.2. The summed E-state index contributed by atoms with van der Waals surface area (Å²) in [5.74, 6) is -0.229. The van der Waals surface area contributed by atoms with Crippen molar-refractivity contribution in [3.05, 3.63) is 39.1 Å². The zero-order valence-corrected chi connectivity index (χ0v) is 13.7. The number of hydrogen-bond acceptors (Lipinski definition) is 3. The number of thiazole rings is 1. The van der Waals surface area contributed by atoms with Gasteiger partial charge in [-0.3, -0.25) is 0 Å². The number of hydrogen-bond donors (Lipinski definition) is 1. The number of nitrogens with one attached hydrogen (secondary N) is 1. The molecule has 1 aromatic heterocycles. The molecule has 1 unspecified atom stereocenters. The van der Waals surface area contributed by atoms with Crippen molar-refractivity contribution >= 4 is 27.3 Å². The van der Waals surface area contributed by atoms with Crippen LogP contribution in [0.15, 0.2) is 22.7 Å². The third-order valence-electron chi connectivity index (χ3n) is 3.57. The summed E-state index contributed by atoms with van der Waals surface area (Å²) in [6, 6.07) is 5.15. The Morgan fingerprint density at radius 3 is 3.10 bits per heavy atom. The molecule has 5 heteroatoms. The van der Waals surface area contributed by atoms with Gasteiger partial charge in [-0.25, -0.2) is 9.37 Å². The highest BCUT2D eigenvalue weighted by Crippen LogP contribution is 2.39. The summed E-state index contributed by atoms with van der Waals surface area (Å²) in [6.07, 6.45) is 3.46. The van der Waals surface area contributed by atoms with Crippen molar-refractivity contribution in [3.8, 4) is 10.6 Å². The number of fused-ring (bicyclic) bond motifs is 1. The van der Waals surface area contributed by atoms with Crippen molar-refractivity contribution in [2.45, 2.75) is 32.2 Å². The molecule has 1 atom stereocenters. The molecule has 20 heavy (non-hydrogen) atoms. The molecule has 0 amide bonds. The molecule has 1 aliphatic carbocycles. The Hall–Kier alpha value is -0.780. The second-order valence-electron chi connectivity index (χ2n) is 4.95. The predicted molar refractivity (Wildman–Crippen MR) is 84.6 cm³/mol. The molecule has 2 nitrogen and oxygen atoms in total. The molecule has 1 heterocycles. The largest absolute Gasteiger partial charge is 0.309 e. The molecule has 1 aromatic carbocycles. The van der Waals surface area contributed by atoms with Crippen molar-refractivity contribution in [3.63, 3.8) is 0 Å². The highest BCUT2D eigenvalue weighted by molar-refractivity contribution is 9.10. The first-order valence-electron chi connectivity index (χ1n) is 6.87. The Morgan fingerprint density at radius 2 is 2.35 bits per heavy atom. The number of aryl methyl sites for hydroxylation is 1. The van der Waals surface area contributed by atoms with Crippen LogP contribution in [0.4, 0.5) is 4.39 Å². The Morgan fingerprint density at radius 1 is 1.50 bits per heavy atom. The van der Waals surface area contributed by atoms with E-state index in [1.54, 1.807) is 17.4 Å². The zero-order chi connectivity index (χ0) is 14.1. The summed E-state index contributed by atoms with van der Waals surface area (Å²) in [4.78, 5) is 6.18. The molecular weight excluding hydrogens is 339 g/mol. The minimum absolute atomic E-state index is 0.229. The highest BCUT2D eigenvalue weighted by atomic mass is 79.9. The summed E-state index contributed by atoms with van der Waals surface area (Å²) in [5, 5.41) is 4.48. The monoisotopic (exact) mass is 354 g/mol. The highest BCUT2D eigenvalue weighted by Gasteiger charge is 2.24. The minimum Gasteiger partial charge on any atom is -0.309 e. The topological polar surface area (TPSA) is 24.9 Å². The van der Waals surface area contributed by atoms with Crippen LogP contribution in [0.1, 0.15) is 36.4 Å². The smallest absolute Gasteiger partial charge is 0.125 e. The lowest BCUT2D eigenvalue weighted by atomic mass is 9.98. The molecular formula is C15H16BrFN2S. The summed E-state index contributed by atoms with van der Waals surface area (Å²) in [7, 11) is 0. The summed E-state index contributed by atoms with van der Waals surface area (Å²) < 4.78 is 14.0. The van der Waals surface area contributed by atoms with E-state index in [1.165, 1.54) is 29.1 Å². The number of rotatable bonds is 3. The standard InChI is InChI=1S/C15H16BrFN2S/c1-2-18-12-4-3-5-13-14(12)19-15(20-13)10-7-6-9(17)8-11(10)16/h6-8,12,18H,2-5H2,1H3. The first kappa shape index (κ1) is 14.2. The van der Waals surface area contributed by atoms with Crippen molar-refractivity contribution in [1.82, 2.24) is 10.3 Å². The molecule has 0 aliphatic heterocycles. The minimum atomic E-state index is -0.229. The van der Waals surface area contributed by atoms with Gasteiger partial charge in [-0.2, -0.15) is 0 Å². The normalized spacial score (nSPS) is 18.1. The summed E-state index contributed by atoms with van der Waals surface area (Å²) in [5.41, 5.74) is 2.16. The van der Waals surface area contributed by atoms with Gasteiger partial charge in [-0.1, -0.05) is 6.92 Å². The van der Waals surface area contributed by atoms with Gasteiger partial charge in [0, 0.05) is 14.9 Å². The Balaban J connectivity index is 2.00. The fourth-order valence-electron chi connectivity index (χ4n) is 2.64. The van der Waals surface area contributed by atoms with E-state index in [0.717, 1.165) is 34.4 Å². The zero-order valence-electron chi connectivity index (χ0n) is 11.2. The average molecular weight is 355 g/mol. The SMILES string of the molecule is CCNC1CCCc2sc(-c3ccc(F)cc3Br)nc21. The van der Waals surface area contributed by atoms with Crippen LogP contribution in [-0.4, -0.2) is 11.5 Å². The van der Waals surface area contributed by atoms with Crippen LogP contribution >= 0.6 is 27.3 Å². The lowest BCUT2D eigenvalue weighted by Crippen LogP contribution is -2.24. The fourth-order valence-corrected chi connectivity index (χ4v) is 4.52. The van der Waals surface area contributed by atoms with Crippen molar-refractivity contribution in [2.24, 2.45) is 0 Å². The molecule has 3 rings (SSSR count). The van der Waals surface area contributed by atoms with Gasteiger partial charge in [0.1, 0.15) is 10.8 Å². The molecule has 0 radical (unpaired) electrons. The molecule has 0 fully saturated rings. The first-order valence-corrected chi connectivity index (χ1v) is 8.48. The van der Waals surface area contributed by atoms with Gasteiger partial charge in [0.25, 0.3) is 0 Å². The molecule has 106 valence electrons. The van der Waals surface area contributed by atoms with Gasteiger partial charge in [-0.05, 0) is 59.9 Å². The van der Waals surface area contributed by atoms with Gasteiger partial charge < -0.3 is 5.32 Å². The van der Waals surface area contributed by atoms with Gasteiger partial charge >= 0.3 is 0 Å². The molecule has 0 saturated heterocycles. The van der Waals surface area contributed by atoms with E-state index in [2.05, 4.69) is 28.2 Å². The molecule has 1 N–H and O–H groups in total. The fraction of sp³-hybridized carbons (Fsp3) is 0.400.